The first-order valence-corrected chi connectivity index (χ1v) is 11.1. The Morgan fingerprint density at radius 3 is 2.00 bits per heavy atom. The van der Waals surface area contributed by atoms with Crippen molar-refractivity contribution in [3.63, 3.8) is 0 Å². The van der Waals surface area contributed by atoms with E-state index in [1.807, 2.05) is 42.5 Å². The maximum Gasteiger partial charge on any atom is 0.245 e. The molecule has 154 valence electrons. The van der Waals surface area contributed by atoms with Gasteiger partial charge in [-0.25, -0.2) is 8.42 Å². The molecule has 1 atom stereocenters. The van der Waals surface area contributed by atoms with Crippen LogP contribution in [0.5, 0.6) is 11.5 Å². The van der Waals surface area contributed by atoms with E-state index in [0.717, 1.165) is 5.75 Å². The molecule has 0 aliphatic carbocycles. The molecule has 30 heavy (non-hydrogen) atoms. The summed E-state index contributed by atoms with van der Waals surface area (Å²) in [5.41, 5.74) is 0.712. The Kier molecular flexibility index (Phi) is 5.57. The van der Waals surface area contributed by atoms with Crippen LogP contribution in [0, 0.1) is 0 Å². The molecule has 1 heterocycles. The minimum Gasteiger partial charge on any atom is -0.457 e. The molecule has 1 amide bonds. The number of amides is 1. The molecule has 6 nitrogen and oxygen atoms in total. The van der Waals surface area contributed by atoms with Crippen LogP contribution in [0.4, 0.5) is 5.69 Å². The number of nitrogens with zero attached hydrogens (tertiary/aromatic N) is 2. The first-order valence-electron chi connectivity index (χ1n) is 9.68. The standard InChI is InChI=1S/C23H22N2O4S/c1-18-23(26)24(16-17-25(18)30(27,28)22-10-6-3-7-11-22)19-12-14-21(15-13-19)29-20-8-4-2-5-9-20/h2-15,18H,16-17H2,1H3/t18-/m1/s1. The predicted octanol–water partition coefficient (Wildman–Crippen LogP) is 3.90. The molecule has 3 aromatic carbocycles. The normalized spacial score (nSPS) is 17.7. The SMILES string of the molecule is C[C@@H]1C(=O)N(c2ccc(Oc3ccccc3)cc2)CCN1S(=O)(=O)c1ccccc1. The first kappa shape index (κ1) is 20.1. The summed E-state index contributed by atoms with van der Waals surface area (Å²) in [6.45, 7) is 2.14. The van der Waals surface area contributed by atoms with E-state index < -0.39 is 16.1 Å². The number of para-hydroxylation sites is 1. The largest absolute Gasteiger partial charge is 0.457 e. The van der Waals surface area contributed by atoms with Crippen LogP contribution in [0.15, 0.2) is 89.8 Å². The van der Waals surface area contributed by atoms with Crippen LogP contribution in [0.3, 0.4) is 0 Å². The van der Waals surface area contributed by atoms with E-state index in [9.17, 15) is 13.2 Å². The Hall–Kier alpha value is -3.16. The molecule has 1 aliphatic rings. The highest BCUT2D eigenvalue weighted by Crippen LogP contribution is 2.28. The van der Waals surface area contributed by atoms with Gasteiger partial charge in [0, 0.05) is 18.8 Å². The molecule has 1 aliphatic heterocycles. The van der Waals surface area contributed by atoms with Crippen LogP contribution < -0.4 is 9.64 Å². The summed E-state index contributed by atoms with van der Waals surface area (Å²) in [7, 11) is -3.73. The third kappa shape index (κ3) is 3.94. The van der Waals surface area contributed by atoms with Gasteiger partial charge in [0.2, 0.25) is 15.9 Å². The van der Waals surface area contributed by atoms with Gasteiger partial charge in [0.05, 0.1) is 4.90 Å². The molecular formula is C23H22N2O4S. The Balaban J connectivity index is 1.49. The van der Waals surface area contributed by atoms with E-state index in [2.05, 4.69) is 0 Å². The fourth-order valence-corrected chi connectivity index (χ4v) is 5.08. The van der Waals surface area contributed by atoms with Gasteiger partial charge < -0.3 is 9.64 Å². The van der Waals surface area contributed by atoms with Crippen molar-refractivity contribution in [1.82, 2.24) is 4.31 Å². The highest BCUT2D eigenvalue weighted by molar-refractivity contribution is 7.89. The van der Waals surface area contributed by atoms with E-state index in [0.29, 0.717) is 11.4 Å². The van der Waals surface area contributed by atoms with Gasteiger partial charge in [-0.05, 0) is 55.5 Å². The van der Waals surface area contributed by atoms with Gasteiger partial charge in [-0.3, -0.25) is 4.79 Å². The Morgan fingerprint density at radius 1 is 0.800 bits per heavy atom. The lowest BCUT2D eigenvalue weighted by atomic mass is 10.2. The molecule has 0 spiro atoms. The van der Waals surface area contributed by atoms with Gasteiger partial charge in [-0.2, -0.15) is 4.31 Å². The summed E-state index contributed by atoms with van der Waals surface area (Å²) in [6.07, 6.45) is 0. The number of carbonyl (C=O) groups excluding carboxylic acids is 1. The minimum atomic E-state index is -3.73. The number of hydrogen-bond acceptors (Lipinski definition) is 4. The van der Waals surface area contributed by atoms with Gasteiger partial charge in [-0.1, -0.05) is 36.4 Å². The lowest BCUT2D eigenvalue weighted by molar-refractivity contribution is -0.123. The summed E-state index contributed by atoms with van der Waals surface area (Å²) < 4.78 is 32.9. The number of ether oxygens (including phenoxy) is 1. The molecule has 0 unspecified atom stereocenters. The molecular weight excluding hydrogens is 400 g/mol. The summed E-state index contributed by atoms with van der Waals surface area (Å²) in [6, 6.07) is 24.1. The third-order valence-electron chi connectivity index (χ3n) is 5.08. The van der Waals surface area contributed by atoms with Crippen molar-refractivity contribution in [3.8, 4) is 11.5 Å². The van der Waals surface area contributed by atoms with Gasteiger partial charge in [0.25, 0.3) is 0 Å². The van der Waals surface area contributed by atoms with Crippen molar-refractivity contribution in [2.75, 3.05) is 18.0 Å². The van der Waals surface area contributed by atoms with Gasteiger partial charge in [0.15, 0.2) is 0 Å². The highest BCUT2D eigenvalue weighted by Gasteiger charge is 2.39. The molecule has 0 radical (unpaired) electrons. The van der Waals surface area contributed by atoms with Crippen LogP contribution in [-0.4, -0.2) is 37.8 Å². The van der Waals surface area contributed by atoms with Crippen LogP contribution in [-0.2, 0) is 14.8 Å². The van der Waals surface area contributed by atoms with Gasteiger partial charge in [-0.15, -0.1) is 0 Å². The van der Waals surface area contributed by atoms with Crippen molar-refractivity contribution in [3.05, 3.63) is 84.9 Å². The van der Waals surface area contributed by atoms with E-state index in [-0.39, 0.29) is 23.9 Å². The maximum atomic E-state index is 13.0. The van der Waals surface area contributed by atoms with E-state index in [1.165, 1.54) is 4.31 Å². The van der Waals surface area contributed by atoms with Crippen LogP contribution in [0.2, 0.25) is 0 Å². The fraction of sp³-hybridized carbons (Fsp3) is 0.174. The van der Waals surface area contributed by atoms with Crippen molar-refractivity contribution in [2.45, 2.75) is 17.9 Å². The van der Waals surface area contributed by atoms with Crippen molar-refractivity contribution in [2.24, 2.45) is 0 Å². The fourth-order valence-electron chi connectivity index (χ4n) is 3.48. The van der Waals surface area contributed by atoms with E-state index in [4.69, 9.17) is 4.74 Å². The van der Waals surface area contributed by atoms with E-state index >= 15 is 0 Å². The minimum absolute atomic E-state index is 0.195. The number of sulfonamides is 1. The monoisotopic (exact) mass is 422 g/mol. The Labute approximate surface area is 176 Å². The third-order valence-corrected chi connectivity index (χ3v) is 7.06. The zero-order chi connectivity index (χ0) is 21.1. The van der Waals surface area contributed by atoms with Crippen molar-refractivity contribution < 1.29 is 17.9 Å². The van der Waals surface area contributed by atoms with E-state index in [1.54, 1.807) is 54.3 Å². The zero-order valence-corrected chi connectivity index (χ0v) is 17.3. The van der Waals surface area contributed by atoms with Crippen molar-refractivity contribution >= 4 is 21.6 Å². The summed E-state index contributed by atoms with van der Waals surface area (Å²) in [5, 5.41) is 0. The second-order valence-corrected chi connectivity index (χ2v) is 8.89. The number of benzene rings is 3. The number of carbonyl (C=O) groups is 1. The smallest absolute Gasteiger partial charge is 0.245 e. The Morgan fingerprint density at radius 2 is 1.37 bits per heavy atom. The number of rotatable bonds is 5. The molecule has 0 saturated carbocycles. The molecule has 0 bridgehead atoms. The lowest BCUT2D eigenvalue weighted by Crippen LogP contribution is -2.57. The zero-order valence-electron chi connectivity index (χ0n) is 16.5. The number of hydrogen-bond donors (Lipinski definition) is 0. The summed E-state index contributed by atoms with van der Waals surface area (Å²) >= 11 is 0. The lowest BCUT2D eigenvalue weighted by Gasteiger charge is -2.38. The maximum absolute atomic E-state index is 13.0. The molecule has 0 N–H and O–H groups in total. The van der Waals surface area contributed by atoms with Crippen LogP contribution in [0.1, 0.15) is 6.92 Å². The number of anilines is 1. The topological polar surface area (TPSA) is 66.9 Å². The second kappa shape index (κ2) is 8.30. The van der Waals surface area contributed by atoms with Crippen LogP contribution in [0.25, 0.3) is 0 Å². The molecule has 3 aromatic rings. The highest BCUT2D eigenvalue weighted by atomic mass is 32.2. The second-order valence-electron chi connectivity index (χ2n) is 7.00. The average Bonchev–Trinajstić information content (AvgIpc) is 2.77. The van der Waals surface area contributed by atoms with Gasteiger partial charge in [0.1, 0.15) is 17.5 Å². The quantitative estimate of drug-likeness (QED) is 0.625. The Bertz CT molecular complexity index is 1120. The predicted molar refractivity (Wildman–Crippen MR) is 115 cm³/mol. The number of piperazine rings is 1. The molecule has 1 fully saturated rings. The molecule has 1 saturated heterocycles. The molecule has 4 rings (SSSR count). The summed E-state index contributed by atoms with van der Waals surface area (Å²) in [5.74, 6) is 1.14. The first-order chi connectivity index (χ1) is 14.5. The van der Waals surface area contributed by atoms with Crippen LogP contribution >= 0.6 is 0 Å². The average molecular weight is 423 g/mol. The van der Waals surface area contributed by atoms with Gasteiger partial charge >= 0.3 is 0 Å². The summed E-state index contributed by atoms with van der Waals surface area (Å²) in [4.78, 5) is 14.8. The molecule has 0 aromatic heterocycles. The van der Waals surface area contributed by atoms with Crippen molar-refractivity contribution in [1.29, 1.82) is 0 Å². The molecule has 7 heteroatoms.